The molecule has 0 unspecified atom stereocenters. The predicted molar refractivity (Wildman–Crippen MR) is 120 cm³/mol. The van der Waals surface area contributed by atoms with Gasteiger partial charge in [0.1, 0.15) is 5.75 Å². The van der Waals surface area contributed by atoms with E-state index in [2.05, 4.69) is 37.1 Å². The van der Waals surface area contributed by atoms with Crippen molar-refractivity contribution in [2.24, 2.45) is 5.10 Å². The third-order valence-electron chi connectivity index (χ3n) is 3.77. The fourth-order valence-corrected chi connectivity index (χ4v) is 2.90. The Morgan fingerprint density at radius 2 is 1.60 bits per heavy atom. The second kappa shape index (κ2) is 11.1. The van der Waals surface area contributed by atoms with Crippen molar-refractivity contribution in [3.05, 3.63) is 52.5 Å². The number of anilines is 2. The highest BCUT2D eigenvalue weighted by Gasteiger charge is 2.08. The molecule has 0 heterocycles. The lowest BCUT2D eigenvalue weighted by Crippen LogP contribution is -2.26. The molecule has 2 aromatic rings. The average molecular weight is 475 g/mol. The van der Waals surface area contributed by atoms with E-state index in [1.807, 2.05) is 19.1 Å². The van der Waals surface area contributed by atoms with Gasteiger partial charge in [-0.1, -0.05) is 15.9 Å². The highest BCUT2D eigenvalue weighted by atomic mass is 79.9. The monoisotopic (exact) mass is 474 g/mol. The summed E-state index contributed by atoms with van der Waals surface area (Å²) in [6.07, 6.45) is 0.0143. The van der Waals surface area contributed by atoms with Gasteiger partial charge in [-0.25, -0.2) is 5.43 Å². The van der Waals surface area contributed by atoms with E-state index in [0.717, 1.165) is 10.0 Å². The first-order valence-electron chi connectivity index (χ1n) is 9.11. The summed E-state index contributed by atoms with van der Waals surface area (Å²) in [5.41, 5.74) is 4.94. The van der Waals surface area contributed by atoms with Gasteiger partial charge in [-0.3, -0.25) is 14.4 Å². The van der Waals surface area contributed by atoms with Crippen molar-refractivity contribution >= 4 is 50.7 Å². The molecular weight excluding hydrogens is 452 g/mol. The zero-order valence-corrected chi connectivity index (χ0v) is 18.5. The number of benzene rings is 2. The van der Waals surface area contributed by atoms with Gasteiger partial charge in [0.05, 0.1) is 6.42 Å². The first-order chi connectivity index (χ1) is 14.2. The van der Waals surface area contributed by atoms with Gasteiger partial charge in [0.2, 0.25) is 11.8 Å². The SMILES string of the molecule is CC(=O)Nc1ccc(NC(=O)CC(C)=NNC(=O)COc2ccc(Br)cc2C)cc1. The molecule has 8 nitrogen and oxygen atoms in total. The van der Waals surface area contributed by atoms with Crippen LogP contribution >= 0.6 is 15.9 Å². The molecule has 0 aromatic heterocycles. The lowest BCUT2D eigenvalue weighted by atomic mass is 10.2. The highest BCUT2D eigenvalue weighted by Crippen LogP contribution is 2.22. The van der Waals surface area contributed by atoms with E-state index in [1.165, 1.54) is 6.92 Å². The van der Waals surface area contributed by atoms with Crippen LogP contribution in [0.25, 0.3) is 0 Å². The van der Waals surface area contributed by atoms with Crippen LogP contribution in [0.15, 0.2) is 52.0 Å². The topological polar surface area (TPSA) is 109 Å². The van der Waals surface area contributed by atoms with E-state index >= 15 is 0 Å². The van der Waals surface area contributed by atoms with E-state index in [0.29, 0.717) is 22.8 Å². The number of amides is 3. The fourth-order valence-electron chi connectivity index (χ4n) is 2.43. The van der Waals surface area contributed by atoms with E-state index in [1.54, 1.807) is 37.3 Å². The van der Waals surface area contributed by atoms with Crippen molar-refractivity contribution in [1.29, 1.82) is 0 Å². The molecule has 3 N–H and O–H groups in total. The molecule has 0 saturated carbocycles. The molecule has 2 aromatic carbocycles. The van der Waals surface area contributed by atoms with Crippen LogP contribution in [0.4, 0.5) is 11.4 Å². The Bertz CT molecular complexity index is 958. The molecule has 0 bridgehead atoms. The molecule has 158 valence electrons. The zero-order valence-electron chi connectivity index (χ0n) is 16.9. The van der Waals surface area contributed by atoms with Crippen LogP contribution in [-0.2, 0) is 14.4 Å². The van der Waals surface area contributed by atoms with E-state index in [9.17, 15) is 14.4 Å². The van der Waals surface area contributed by atoms with Crippen LogP contribution in [0.5, 0.6) is 5.75 Å². The Morgan fingerprint density at radius 3 is 2.20 bits per heavy atom. The largest absolute Gasteiger partial charge is 0.483 e. The number of aryl methyl sites for hydroxylation is 1. The molecule has 2 rings (SSSR count). The van der Waals surface area contributed by atoms with Gasteiger partial charge in [0, 0.05) is 28.5 Å². The molecule has 0 aliphatic carbocycles. The number of hydrogen-bond donors (Lipinski definition) is 3. The van der Waals surface area contributed by atoms with Crippen molar-refractivity contribution in [1.82, 2.24) is 5.43 Å². The van der Waals surface area contributed by atoms with Crippen LogP contribution in [0.3, 0.4) is 0 Å². The Kier molecular flexibility index (Phi) is 8.54. The molecule has 3 amide bonds. The number of halogens is 1. The van der Waals surface area contributed by atoms with Crippen molar-refractivity contribution in [2.45, 2.75) is 27.2 Å². The second-order valence-electron chi connectivity index (χ2n) is 6.56. The maximum atomic E-state index is 12.1. The highest BCUT2D eigenvalue weighted by molar-refractivity contribution is 9.10. The summed E-state index contributed by atoms with van der Waals surface area (Å²) in [5.74, 6) is -0.263. The summed E-state index contributed by atoms with van der Waals surface area (Å²) in [6, 6.07) is 12.2. The maximum Gasteiger partial charge on any atom is 0.277 e. The van der Waals surface area contributed by atoms with Gasteiger partial charge in [-0.2, -0.15) is 5.10 Å². The number of ether oxygens (including phenoxy) is 1. The predicted octanol–water partition coefficient (Wildman–Crippen LogP) is 3.62. The van der Waals surface area contributed by atoms with Crippen LogP contribution in [-0.4, -0.2) is 30.0 Å². The number of carbonyl (C=O) groups is 3. The van der Waals surface area contributed by atoms with Gasteiger partial charge < -0.3 is 15.4 Å². The van der Waals surface area contributed by atoms with Crippen molar-refractivity contribution in [3.8, 4) is 5.75 Å². The molecular formula is C21H23BrN4O4. The summed E-state index contributed by atoms with van der Waals surface area (Å²) < 4.78 is 6.40. The Hall–Kier alpha value is -3.20. The average Bonchev–Trinajstić information content (AvgIpc) is 2.66. The number of carbonyl (C=O) groups excluding carboxylic acids is 3. The number of hydrogen-bond acceptors (Lipinski definition) is 5. The Morgan fingerprint density at radius 1 is 0.967 bits per heavy atom. The minimum atomic E-state index is -0.425. The first kappa shape index (κ1) is 23.1. The lowest BCUT2D eigenvalue weighted by molar-refractivity contribution is -0.123. The van der Waals surface area contributed by atoms with E-state index < -0.39 is 5.91 Å². The normalized spacial score (nSPS) is 10.9. The van der Waals surface area contributed by atoms with Gasteiger partial charge in [0.15, 0.2) is 6.61 Å². The number of rotatable bonds is 8. The fraction of sp³-hybridized carbons (Fsp3) is 0.238. The number of nitrogens with zero attached hydrogens (tertiary/aromatic N) is 1. The second-order valence-corrected chi connectivity index (χ2v) is 7.48. The van der Waals surface area contributed by atoms with Crippen molar-refractivity contribution < 1.29 is 19.1 Å². The van der Waals surface area contributed by atoms with Gasteiger partial charge in [0.25, 0.3) is 5.91 Å². The van der Waals surface area contributed by atoms with Crippen LogP contribution in [0, 0.1) is 6.92 Å². The van der Waals surface area contributed by atoms with Gasteiger partial charge in [-0.05, 0) is 61.9 Å². The zero-order chi connectivity index (χ0) is 22.1. The molecule has 0 fully saturated rings. The summed E-state index contributed by atoms with van der Waals surface area (Å²) in [6.45, 7) is 4.75. The van der Waals surface area contributed by atoms with Crippen LogP contribution in [0.1, 0.15) is 25.8 Å². The van der Waals surface area contributed by atoms with E-state index in [4.69, 9.17) is 4.74 Å². The van der Waals surface area contributed by atoms with Crippen molar-refractivity contribution in [2.75, 3.05) is 17.2 Å². The first-order valence-corrected chi connectivity index (χ1v) is 9.90. The van der Waals surface area contributed by atoms with Crippen LogP contribution < -0.4 is 20.8 Å². The molecule has 0 spiro atoms. The standard InChI is InChI=1S/C21H23BrN4O4/c1-13-10-16(22)4-9-19(13)30-12-21(29)26-25-14(2)11-20(28)24-18-7-5-17(6-8-18)23-15(3)27/h4-10H,11-12H2,1-3H3,(H,23,27)(H,24,28)(H,26,29). The third-order valence-corrected chi connectivity index (χ3v) is 4.27. The number of hydrazone groups is 1. The summed E-state index contributed by atoms with van der Waals surface area (Å²) in [7, 11) is 0. The van der Waals surface area contributed by atoms with Crippen LogP contribution in [0.2, 0.25) is 0 Å². The molecule has 30 heavy (non-hydrogen) atoms. The molecule has 0 radical (unpaired) electrons. The number of nitrogens with one attached hydrogen (secondary N) is 3. The third kappa shape index (κ3) is 8.04. The van der Waals surface area contributed by atoms with Gasteiger partial charge >= 0.3 is 0 Å². The summed E-state index contributed by atoms with van der Waals surface area (Å²) >= 11 is 3.37. The summed E-state index contributed by atoms with van der Waals surface area (Å²) in [5, 5.41) is 9.30. The van der Waals surface area contributed by atoms with Crippen molar-refractivity contribution in [3.63, 3.8) is 0 Å². The van der Waals surface area contributed by atoms with Gasteiger partial charge in [-0.15, -0.1) is 0 Å². The molecule has 0 saturated heterocycles. The maximum absolute atomic E-state index is 12.1. The molecule has 0 atom stereocenters. The molecule has 9 heteroatoms. The summed E-state index contributed by atoms with van der Waals surface area (Å²) in [4.78, 5) is 35.0. The van der Waals surface area contributed by atoms with E-state index in [-0.39, 0.29) is 24.8 Å². The molecule has 0 aliphatic rings. The smallest absolute Gasteiger partial charge is 0.277 e. The Balaban J connectivity index is 1.77. The minimum absolute atomic E-state index is 0.0143. The lowest BCUT2D eigenvalue weighted by Gasteiger charge is -2.09. The minimum Gasteiger partial charge on any atom is -0.483 e. The molecule has 0 aliphatic heterocycles. The quantitative estimate of drug-likeness (QED) is 0.400. The Labute approximate surface area is 183 Å².